The van der Waals surface area contributed by atoms with Crippen LogP contribution in [0.2, 0.25) is 0 Å². The molecule has 1 heterocycles. The normalized spacial score (nSPS) is 14.0. The third-order valence-corrected chi connectivity index (χ3v) is 4.37. The van der Waals surface area contributed by atoms with Gasteiger partial charge in [0.2, 0.25) is 0 Å². The average molecular weight is 295 g/mol. The standard InChI is InChI=1S/C20H25NO/c1-16(2)18-10-4-6-12-20(18)22-15-14-21-13-7-9-17-8-3-5-11-19(17)21/h3-6,8,10-12,16H,7,9,13-15H2,1-2H3. The molecule has 0 amide bonds. The molecular weight excluding hydrogens is 270 g/mol. The zero-order valence-electron chi connectivity index (χ0n) is 13.6. The van der Waals surface area contributed by atoms with Gasteiger partial charge in [-0.1, -0.05) is 50.2 Å². The average Bonchev–Trinajstić information content (AvgIpc) is 2.55. The van der Waals surface area contributed by atoms with Crippen LogP contribution in [0.4, 0.5) is 5.69 Å². The lowest BCUT2D eigenvalue weighted by molar-refractivity contribution is 0.318. The highest BCUT2D eigenvalue weighted by atomic mass is 16.5. The van der Waals surface area contributed by atoms with E-state index < -0.39 is 0 Å². The van der Waals surface area contributed by atoms with Crippen LogP contribution >= 0.6 is 0 Å². The Morgan fingerprint density at radius 2 is 1.82 bits per heavy atom. The summed E-state index contributed by atoms with van der Waals surface area (Å²) in [5.41, 5.74) is 4.15. The summed E-state index contributed by atoms with van der Waals surface area (Å²) in [6, 6.07) is 17.1. The van der Waals surface area contributed by atoms with Crippen LogP contribution in [0.3, 0.4) is 0 Å². The van der Waals surface area contributed by atoms with E-state index in [0.717, 1.165) is 25.4 Å². The second-order valence-electron chi connectivity index (χ2n) is 6.26. The number of anilines is 1. The smallest absolute Gasteiger partial charge is 0.122 e. The first-order valence-corrected chi connectivity index (χ1v) is 8.30. The van der Waals surface area contributed by atoms with E-state index in [1.54, 1.807) is 0 Å². The van der Waals surface area contributed by atoms with Gasteiger partial charge in [0.25, 0.3) is 0 Å². The maximum absolute atomic E-state index is 6.07. The number of nitrogens with zero attached hydrogens (tertiary/aromatic N) is 1. The first-order chi connectivity index (χ1) is 10.8. The molecule has 0 aromatic heterocycles. The van der Waals surface area contributed by atoms with Crippen LogP contribution < -0.4 is 9.64 Å². The molecule has 0 N–H and O–H groups in total. The summed E-state index contributed by atoms with van der Waals surface area (Å²) in [5.74, 6) is 1.52. The van der Waals surface area contributed by atoms with Gasteiger partial charge in [0.15, 0.2) is 0 Å². The lowest BCUT2D eigenvalue weighted by Gasteiger charge is -2.31. The Labute approximate surface area is 133 Å². The van der Waals surface area contributed by atoms with Gasteiger partial charge in [0, 0.05) is 12.2 Å². The number of rotatable bonds is 5. The number of fused-ring (bicyclic) bond motifs is 1. The largest absolute Gasteiger partial charge is 0.491 e. The highest BCUT2D eigenvalue weighted by Gasteiger charge is 2.16. The fraction of sp³-hybridized carbons (Fsp3) is 0.400. The van der Waals surface area contributed by atoms with Crippen molar-refractivity contribution >= 4 is 5.69 Å². The number of aryl methyl sites for hydroxylation is 1. The van der Waals surface area contributed by atoms with E-state index in [9.17, 15) is 0 Å². The molecule has 1 aliphatic heterocycles. The molecule has 22 heavy (non-hydrogen) atoms. The predicted octanol–water partition coefficient (Wildman–Crippen LogP) is 4.64. The number of ether oxygens (including phenoxy) is 1. The highest BCUT2D eigenvalue weighted by molar-refractivity contribution is 5.55. The van der Waals surface area contributed by atoms with Crippen LogP contribution in [0.5, 0.6) is 5.75 Å². The van der Waals surface area contributed by atoms with E-state index in [1.807, 2.05) is 0 Å². The molecule has 116 valence electrons. The van der Waals surface area contributed by atoms with Crippen molar-refractivity contribution in [1.82, 2.24) is 0 Å². The molecule has 0 atom stereocenters. The molecule has 2 heteroatoms. The Bertz CT molecular complexity index is 621. The summed E-state index contributed by atoms with van der Waals surface area (Å²) in [5, 5.41) is 0. The van der Waals surface area contributed by atoms with Crippen molar-refractivity contribution in [2.24, 2.45) is 0 Å². The van der Waals surface area contributed by atoms with Gasteiger partial charge >= 0.3 is 0 Å². The second kappa shape index (κ2) is 6.87. The molecule has 0 radical (unpaired) electrons. The second-order valence-corrected chi connectivity index (χ2v) is 6.26. The summed E-state index contributed by atoms with van der Waals surface area (Å²) in [4.78, 5) is 2.46. The van der Waals surface area contributed by atoms with Gasteiger partial charge in [-0.25, -0.2) is 0 Å². The van der Waals surface area contributed by atoms with Crippen molar-refractivity contribution < 1.29 is 4.74 Å². The van der Waals surface area contributed by atoms with Crippen LogP contribution in [0.1, 0.15) is 37.3 Å². The lowest BCUT2D eigenvalue weighted by Crippen LogP contribution is -2.33. The van der Waals surface area contributed by atoms with Crippen LogP contribution in [0.15, 0.2) is 48.5 Å². The molecule has 0 unspecified atom stereocenters. The molecule has 0 saturated carbocycles. The van der Waals surface area contributed by atoms with Gasteiger partial charge in [-0.3, -0.25) is 0 Å². The Kier molecular flexibility index (Phi) is 4.67. The summed E-state index contributed by atoms with van der Waals surface area (Å²) in [7, 11) is 0. The van der Waals surface area contributed by atoms with Gasteiger partial charge in [0.05, 0.1) is 6.54 Å². The molecule has 2 aromatic carbocycles. The van der Waals surface area contributed by atoms with E-state index in [-0.39, 0.29) is 0 Å². The van der Waals surface area contributed by atoms with Crippen LogP contribution in [-0.2, 0) is 6.42 Å². The Morgan fingerprint density at radius 1 is 1.05 bits per heavy atom. The van der Waals surface area contributed by atoms with Gasteiger partial charge in [0.1, 0.15) is 12.4 Å². The minimum absolute atomic E-state index is 0.493. The van der Waals surface area contributed by atoms with Gasteiger partial charge in [-0.2, -0.15) is 0 Å². The van der Waals surface area contributed by atoms with Gasteiger partial charge in [-0.05, 0) is 42.0 Å². The quantitative estimate of drug-likeness (QED) is 0.796. The maximum atomic E-state index is 6.07. The zero-order valence-corrected chi connectivity index (χ0v) is 13.6. The molecule has 0 saturated heterocycles. The minimum atomic E-state index is 0.493. The molecule has 2 aromatic rings. The van der Waals surface area contributed by atoms with Crippen molar-refractivity contribution in [1.29, 1.82) is 0 Å². The molecule has 0 bridgehead atoms. The summed E-state index contributed by atoms with van der Waals surface area (Å²) in [6.45, 7) is 7.24. The van der Waals surface area contributed by atoms with Crippen molar-refractivity contribution in [3.8, 4) is 5.75 Å². The topological polar surface area (TPSA) is 12.5 Å². The van der Waals surface area contributed by atoms with Crippen molar-refractivity contribution in [3.05, 3.63) is 59.7 Å². The molecule has 3 rings (SSSR count). The maximum Gasteiger partial charge on any atom is 0.122 e. The van der Waals surface area contributed by atoms with Crippen LogP contribution in [0, 0.1) is 0 Å². The lowest BCUT2D eigenvalue weighted by atomic mass is 10.0. The van der Waals surface area contributed by atoms with Gasteiger partial charge in [-0.15, -0.1) is 0 Å². The van der Waals surface area contributed by atoms with E-state index in [4.69, 9.17) is 4.74 Å². The number of hydrogen-bond donors (Lipinski definition) is 0. The minimum Gasteiger partial charge on any atom is -0.491 e. The van der Waals surface area contributed by atoms with E-state index in [1.165, 1.54) is 29.7 Å². The number of para-hydroxylation sites is 2. The first kappa shape index (κ1) is 15.0. The number of hydrogen-bond acceptors (Lipinski definition) is 2. The van der Waals surface area contributed by atoms with Crippen LogP contribution in [-0.4, -0.2) is 19.7 Å². The van der Waals surface area contributed by atoms with Crippen molar-refractivity contribution in [2.45, 2.75) is 32.6 Å². The molecule has 2 nitrogen and oxygen atoms in total. The van der Waals surface area contributed by atoms with Gasteiger partial charge < -0.3 is 9.64 Å². The monoisotopic (exact) mass is 295 g/mol. The third kappa shape index (κ3) is 3.27. The summed E-state index contributed by atoms with van der Waals surface area (Å²) in [6.07, 6.45) is 2.43. The molecular formula is C20H25NO. The summed E-state index contributed by atoms with van der Waals surface area (Å²) >= 11 is 0. The van der Waals surface area contributed by atoms with Crippen LogP contribution in [0.25, 0.3) is 0 Å². The predicted molar refractivity (Wildman–Crippen MR) is 93.0 cm³/mol. The molecule has 0 spiro atoms. The third-order valence-electron chi connectivity index (χ3n) is 4.37. The van der Waals surface area contributed by atoms with Crippen molar-refractivity contribution in [3.63, 3.8) is 0 Å². The van der Waals surface area contributed by atoms with Crippen molar-refractivity contribution in [2.75, 3.05) is 24.6 Å². The molecule has 0 aliphatic carbocycles. The fourth-order valence-corrected chi connectivity index (χ4v) is 3.20. The molecule has 1 aliphatic rings. The fourth-order valence-electron chi connectivity index (χ4n) is 3.20. The Morgan fingerprint density at radius 3 is 2.68 bits per heavy atom. The zero-order chi connectivity index (χ0) is 15.4. The van der Waals surface area contributed by atoms with E-state index in [0.29, 0.717) is 5.92 Å². The molecule has 0 fully saturated rings. The van der Waals surface area contributed by atoms with E-state index in [2.05, 4.69) is 67.3 Å². The summed E-state index contributed by atoms with van der Waals surface area (Å²) < 4.78 is 6.07. The van der Waals surface area contributed by atoms with E-state index >= 15 is 0 Å². The Balaban J connectivity index is 1.63. The number of benzene rings is 2. The first-order valence-electron chi connectivity index (χ1n) is 8.30. The Hall–Kier alpha value is -1.96. The highest BCUT2D eigenvalue weighted by Crippen LogP contribution is 2.28. The SMILES string of the molecule is CC(C)c1ccccc1OCCN1CCCc2ccccc21.